The van der Waals surface area contributed by atoms with E-state index in [4.69, 9.17) is 14.7 Å². The highest BCUT2D eigenvalue weighted by atomic mass is 16.5. The maximum Gasteiger partial charge on any atom is 0.145 e. The zero-order valence-corrected chi connectivity index (χ0v) is 19.5. The first kappa shape index (κ1) is 20.7. The maximum absolute atomic E-state index is 5.53. The largest absolute Gasteiger partial charge is 0.379 e. The summed E-state index contributed by atoms with van der Waals surface area (Å²) in [6.45, 7) is 3.79. The number of hydrogen-bond donors (Lipinski definition) is 0. The third-order valence-corrected chi connectivity index (χ3v) is 7.56. The summed E-state index contributed by atoms with van der Waals surface area (Å²) in [7, 11) is 0. The quantitative estimate of drug-likeness (QED) is 0.369. The van der Waals surface area contributed by atoms with E-state index < -0.39 is 0 Å². The highest BCUT2D eigenvalue weighted by Crippen LogP contribution is 2.42. The van der Waals surface area contributed by atoms with Crippen LogP contribution in [0.25, 0.3) is 39.1 Å². The maximum atomic E-state index is 5.53. The summed E-state index contributed by atoms with van der Waals surface area (Å²) in [4.78, 5) is 17.2. The van der Waals surface area contributed by atoms with Gasteiger partial charge in [-0.25, -0.2) is 9.97 Å². The number of morpholine rings is 1. The summed E-state index contributed by atoms with van der Waals surface area (Å²) in [5.74, 6) is 1.43. The summed E-state index contributed by atoms with van der Waals surface area (Å²) in [5.41, 5.74) is 6.44. The van der Waals surface area contributed by atoms with Crippen LogP contribution in [-0.4, -0.2) is 56.6 Å². The standard InChI is InChI=1S/C29H27N5O/c1-2-4-20(5-3-1)25-9-8-21-6-7-22(18-26(21)31-25)29-32-28(27-19-30-10-11-34(27)29)23-16-24(17-23)33-12-14-35-15-13-33/h1-11,18-19,23-24H,12-17H2. The lowest BCUT2D eigenvalue weighted by Crippen LogP contribution is -2.49. The van der Waals surface area contributed by atoms with E-state index in [-0.39, 0.29) is 0 Å². The van der Waals surface area contributed by atoms with Crippen LogP contribution in [0, 0.1) is 0 Å². The summed E-state index contributed by atoms with van der Waals surface area (Å²) in [5, 5.41) is 1.13. The van der Waals surface area contributed by atoms with Crippen molar-refractivity contribution >= 4 is 16.4 Å². The monoisotopic (exact) mass is 461 g/mol. The van der Waals surface area contributed by atoms with Crippen LogP contribution in [0.1, 0.15) is 24.5 Å². The second kappa shape index (κ2) is 8.56. The molecule has 35 heavy (non-hydrogen) atoms. The van der Waals surface area contributed by atoms with Gasteiger partial charge in [-0.1, -0.05) is 48.5 Å². The van der Waals surface area contributed by atoms with E-state index in [1.54, 1.807) is 0 Å². The van der Waals surface area contributed by atoms with Crippen molar-refractivity contribution in [2.24, 2.45) is 0 Å². The Morgan fingerprint density at radius 3 is 2.54 bits per heavy atom. The third kappa shape index (κ3) is 3.70. The number of fused-ring (bicyclic) bond motifs is 2. The van der Waals surface area contributed by atoms with Gasteiger partial charge in [0, 0.05) is 54.0 Å². The van der Waals surface area contributed by atoms with Gasteiger partial charge in [-0.05, 0) is 25.0 Å². The van der Waals surface area contributed by atoms with Crippen molar-refractivity contribution in [3.8, 4) is 22.6 Å². The molecule has 0 N–H and O–H groups in total. The topological polar surface area (TPSA) is 55.5 Å². The summed E-state index contributed by atoms with van der Waals surface area (Å²) < 4.78 is 7.72. The molecule has 2 aliphatic rings. The molecular weight excluding hydrogens is 434 g/mol. The molecule has 2 aromatic carbocycles. The summed E-state index contributed by atoms with van der Waals surface area (Å²) in [6, 6.07) is 21.7. The van der Waals surface area contributed by atoms with Crippen molar-refractivity contribution < 1.29 is 4.74 Å². The highest BCUT2D eigenvalue weighted by Gasteiger charge is 2.37. The molecular formula is C29H27N5O. The van der Waals surface area contributed by atoms with E-state index in [0.717, 1.165) is 78.2 Å². The molecule has 174 valence electrons. The molecule has 1 saturated carbocycles. The average molecular weight is 462 g/mol. The minimum absolute atomic E-state index is 0.471. The second-order valence-electron chi connectivity index (χ2n) is 9.59. The molecule has 4 heterocycles. The van der Waals surface area contributed by atoms with Gasteiger partial charge in [-0.15, -0.1) is 0 Å². The number of nitrogens with zero attached hydrogens (tertiary/aromatic N) is 5. The van der Waals surface area contributed by atoms with Crippen LogP contribution in [0.3, 0.4) is 0 Å². The molecule has 6 nitrogen and oxygen atoms in total. The fourth-order valence-corrected chi connectivity index (χ4v) is 5.54. The van der Waals surface area contributed by atoms with Crippen LogP contribution in [0.2, 0.25) is 0 Å². The van der Waals surface area contributed by atoms with Gasteiger partial charge in [0.15, 0.2) is 0 Å². The van der Waals surface area contributed by atoms with E-state index in [2.05, 4.69) is 56.7 Å². The van der Waals surface area contributed by atoms with E-state index in [1.807, 2.05) is 36.8 Å². The van der Waals surface area contributed by atoms with E-state index >= 15 is 0 Å². The zero-order chi connectivity index (χ0) is 23.2. The Bertz CT molecular complexity index is 1500. The SMILES string of the molecule is c1ccc(-c2ccc3ccc(-c4nc(C5CC(N6CCOCC6)C5)c5cnccn45)cc3n2)cc1. The van der Waals surface area contributed by atoms with Gasteiger partial charge in [-0.2, -0.15) is 0 Å². The van der Waals surface area contributed by atoms with Crippen molar-refractivity contribution in [1.29, 1.82) is 0 Å². The minimum atomic E-state index is 0.471. The molecule has 1 saturated heterocycles. The molecule has 6 heteroatoms. The number of pyridine rings is 1. The van der Waals surface area contributed by atoms with E-state index in [1.165, 1.54) is 5.69 Å². The van der Waals surface area contributed by atoms with E-state index in [9.17, 15) is 0 Å². The Hall–Kier alpha value is -3.61. The van der Waals surface area contributed by atoms with Gasteiger partial charge in [-0.3, -0.25) is 14.3 Å². The number of aromatic nitrogens is 4. The Morgan fingerprint density at radius 1 is 0.857 bits per heavy atom. The Balaban J connectivity index is 1.24. The first-order chi connectivity index (χ1) is 17.3. The van der Waals surface area contributed by atoms with Crippen LogP contribution in [0.15, 0.2) is 79.3 Å². The van der Waals surface area contributed by atoms with Gasteiger partial charge < -0.3 is 4.74 Å². The number of imidazole rings is 1. The van der Waals surface area contributed by atoms with Gasteiger partial charge in [0.25, 0.3) is 0 Å². The molecule has 0 radical (unpaired) electrons. The molecule has 2 fully saturated rings. The minimum Gasteiger partial charge on any atom is -0.379 e. The lowest BCUT2D eigenvalue weighted by atomic mass is 9.77. The molecule has 0 spiro atoms. The second-order valence-corrected chi connectivity index (χ2v) is 9.59. The molecule has 5 aromatic rings. The molecule has 0 amide bonds. The number of ether oxygens (including phenoxy) is 1. The lowest BCUT2D eigenvalue weighted by molar-refractivity contribution is -0.00718. The highest BCUT2D eigenvalue weighted by molar-refractivity contribution is 5.85. The predicted octanol–water partition coefficient (Wildman–Crippen LogP) is 5.19. The number of rotatable bonds is 4. The van der Waals surface area contributed by atoms with Crippen LogP contribution in [0.5, 0.6) is 0 Å². The lowest BCUT2D eigenvalue weighted by Gasteiger charge is -2.44. The van der Waals surface area contributed by atoms with Crippen LogP contribution in [-0.2, 0) is 4.74 Å². The van der Waals surface area contributed by atoms with Gasteiger partial charge in [0.2, 0.25) is 0 Å². The molecule has 0 atom stereocenters. The normalized spacial score (nSPS) is 20.8. The first-order valence-electron chi connectivity index (χ1n) is 12.4. The van der Waals surface area contributed by atoms with Crippen molar-refractivity contribution in [3.05, 3.63) is 84.9 Å². The Morgan fingerprint density at radius 2 is 1.69 bits per heavy atom. The zero-order valence-electron chi connectivity index (χ0n) is 19.5. The van der Waals surface area contributed by atoms with Crippen LogP contribution in [0.4, 0.5) is 0 Å². The molecule has 7 rings (SSSR count). The van der Waals surface area contributed by atoms with Crippen molar-refractivity contribution in [1.82, 2.24) is 24.3 Å². The predicted molar refractivity (Wildman–Crippen MR) is 137 cm³/mol. The van der Waals surface area contributed by atoms with Gasteiger partial charge >= 0.3 is 0 Å². The summed E-state index contributed by atoms with van der Waals surface area (Å²) >= 11 is 0. The van der Waals surface area contributed by atoms with Crippen molar-refractivity contribution in [3.63, 3.8) is 0 Å². The smallest absolute Gasteiger partial charge is 0.145 e. The molecule has 1 aliphatic carbocycles. The Labute approximate surface area is 204 Å². The summed E-state index contributed by atoms with van der Waals surface area (Å²) in [6.07, 6.45) is 8.13. The average Bonchev–Trinajstić information content (AvgIpc) is 3.28. The third-order valence-electron chi connectivity index (χ3n) is 7.56. The fraction of sp³-hybridized carbons (Fsp3) is 0.276. The fourth-order valence-electron chi connectivity index (χ4n) is 5.54. The van der Waals surface area contributed by atoms with Gasteiger partial charge in [0.05, 0.1) is 41.8 Å². The molecule has 0 unspecified atom stereocenters. The Kier molecular flexibility index (Phi) is 5.07. The molecule has 3 aromatic heterocycles. The van der Waals surface area contributed by atoms with Crippen LogP contribution >= 0.6 is 0 Å². The first-order valence-corrected chi connectivity index (χ1v) is 12.4. The van der Waals surface area contributed by atoms with Crippen molar-refractivity contribution in [2.75, 3.05) is 26.3 Å². The number of benzene rings is 2. The van der Waals surface area contributed by atoms with Crippen LogP contribution < -0.4 is 0 Å². The number of hydrogen-bond acceptors (Lipinski definition) is 5. The van der Waals surface area contributed by atoms with Gasteiger partial charge in [0.1, 0.15) is 5.82 Å². The van der Waals surface area contributed by atoms with Crippen molar-refractivity contribution in [2.45, 2.75) is 24.8 Å². The van der Waals surface area contributed by atoms with E-state index in [0.29, 0.717) is 12.0 Å². The molecule has 1 aliphatic heterocycles. The molecule has 0 bridgehead atoms.